The summed E-state index contributed by atoms with van der Waals surface area (Å²) in [5.41, 5.74) is 0.910. The van der Waals surface area contributed by atoms with Crippen molar-refractivity contribution in [3.8, 4) is 11.4 Å². The van der Waals surface area contributed by atoms with Gasteiger partial charge in [0.2, 0.25) is 0 Å². The third-order valence-corrected chi connectivity index (χ3v) is 2.87. The lowest BCUT2D eigenvalue weighted by atomic mass is 10.2. The van der Waals surface area contributed by atoms with Crippen LogP contribution in [-0.4, -0.2) is 9.55 Å². The van der Waals surface area contributed by atoms with E-state index in [9.17, 15) is 0 Å². The molecule has 0 unspecified atom stereocenters. The van der Waals surface area contributed by atoms with Gasteiger partial charge in [-0.1, -0.05) is 35.3 Å². The Morgan fingerprint density at radius 2 is 2.00 bits per heavy atom. The standard InChI is InChI=1S/C11H10Cl2N2/c1-2-15-10(13)7-14-11(15)8-5-3-4-6-9(8)12/h3-7H,2H2,1H3. The highest BCUT2D eigenvalue weighted by molar-refractivity contribution is 6.33. The molecule has 0 aliphatic rings. The number of hydrogen-bond acceptors (Lipinski definition) is 1. The highest BCUT2D eigenvalue weighted by Crippen LogP contribution is 2.28. The molecule has 0 aliphatic carbocycles. The van der Waals surface area contributed by atoms with Crippen LogP contribution < -0.4 is 0 Å². The van der Waals surface area contributed by atoms with Gasteiger partial charge in [0.25, 0.3) is 0 Å². The fraction of sp³-hybridized carbons (Fsp3) is 0.182. The molecule has 2 rings (SSSR count). The van der Waals surface area contributed by atoms with E-state index in [1.807, 2.05) is 35.8 Å². The summed E-state index contributed by atoms with van der Waals surface area (Å²) >= 11 is 12.1. The number of hydrogen-bond donors (Lipinski definition) is 0. The number of rotatable bonds is 2. The fourth-order valence-electron chi connectivity index (χ4n) is 1.51. The lowest BCUT2D eigenvalue weighted by molar-refractivity contribution is 0.771. The van der Waals surface area contributed by atoms with Crippen LogP contribution >= 0.6 is 23.2 Å². The number of nitrogens with zero attached hydrogens (tertiary/aromatic N) is 2. The number of aromatic nitrogens is 2. The lowest BCUT2D eigenvalue weighted by Crippen LogP contribution is -1.97. The van der Waals surface area contributed by atoms with Crippen LogP contribution in [0.3, 0.4) is 0 Å². The van der Waals surface area contributed by atoms with Crippen LogP contribution in [0.5, 0.6) is 0 Å². The van der Waals surface area contributed by atoms with E-state index in [0.29, 0.717) is 10.2 Å². The summed E-state index contributed by atoms with van der Waals surface area (Å²) in [5.74, 6) is 0.813. The van der Waals surface area contributed by atoms with E-state index in [1.165, 1.54) is 0 Å². The summed E-state index contributed by atoms with van der Waals surface area (Å²) in [4.78, 5) is 4.26. The average Bonchev–Trinajstić information content (AvgIpc) is 2.60. The summed E-state index contributed by atoms with van der Waals surface area (Å²) in [6, 6.07) is 7.61. The topological polar surface area (TPSA) is 17.8 Å². The van der Waals surface area contributed by atoms with Gasteiger partial charge in [0, 0.05) is 12.1 Å². The van der Waals surface area contributed by atoms with E-state index in [4.69, 9.17) is 23.2 Å². The minimum Gasteiger partial charge on any atom is -0.315 e. The first-order chi connectivity index (χ1) is 7.24. The molecule has 0 radical (unpaired) electrons. The van der Waals surface area contributed by atoms with Crippen LogP contribution in [0.25, 0.3) is 11.4 Å². The molecule has 0 spiro atoms. The first kappa shape index (κ1) is 10.5. The first-order valence-electron chi connectivity index (χ1n) is 4.70. The van der Waals surface area contributed by atoms with Gasteiger partial charge in [-0.2, -0.15) is 0 Å². The first-order valence-corrected chi connectivity index (χ1v) is 5.45. The van der Waals surface area contributed by atoms with Crippen LogP contribution in [-0.2, 0) is 6.54 Å². The second kappa shape index (κ2) is 4.25. The van der Waals surface area contributed by atoms with Crippen molar-refractivity contribution in [2.45, 2.75) is 13.5 Å². The maximum Gasteiger partial charge on any atom is 0.142 e. The van der Waals surface area contributed by atoms with Gasteiger partial charge in [-0.15, -0.1) is 0 Å². The van der Waals surface area contributed by atoms with Gasteiger partial charge in [-0.05, 0) is 19.1 Å². The van der Waals surface area contributed by atoms with E-state index in [-0.39, 0.29) is 0 Å². The van der Waals surface area contributed by atoms with Gasteiger partial charge in [0.15, 0.2) is 0 Å². The number of halogens is 2. The Bertz CT molecular complexity index is 477. The second-order valence-electron chi connectivity index (χ2n) is 3.13. The van der Waals surface area contributed by atoms with Gasteiger partial charge >= 0.3 is 0 Å². The summed E-state index contributed by atoms with van der Waals surface area (Å²) in [7, 11) is 0. The molecule has 0 amide bonds. The Morgan fingerprint density at radius 3 is 2.67 bits per heavy atom. The molecule has 1 aromatic carbocycles. The second-order valence-corrected chi connectivity index (χ2v) is 3.92. The maximum atomic E-state index is 6.10. The van der Waals surface area contributed by atoms with Crippen molar-refractivity contribution in [1.29, 1.82) is 0 Å². The fourth-order valence-corrected chi connectivity index (χ4v) is 1.98. The summed E-state index contributed by atoms with van der Waals surface area (Å²) in [6.45, 7) is 2.80. The quantitative estimate of drug-likeness (QED) is 0.780. The molecule has 2 aromatic rings. The molecular formula is C11H10Cl2N2. The van der Waals surface area contributed by atoms with Crippen LogP contribution in [0.1, 0.15) is 6.92 Å². The Kier molecular flexibility index (Phi) is 2.98. The van der Waals surface area contributed by atoms with Crippen molar-refractivity contribution in [2.75, 3.05) is 0 Å². The molecule has 0 saturated heterocycles. The molecule has 0 aliphatic heterocycles. The van der Waals surface area contributed by atoms with Crippen molar-refractivity contribution in [3.05, 3.63) is 40.6 Å². The molecule has 0 atom stereocenters. The predicted molar refractivity (Wildman–Crippen MR) is 63.4 cm³/mol. The Morgan fingerprint density at radius 1 is 1.27 bits per heavy atom. The predicted octanol–water partition coefficient (Wildman–Crippen LogP) is 3.88. The third kappa shape index (κ3) is 1.87. The normalized spacial score (nSPS) is 10.6. The van der Waals surface area contributed by atoms with Crippen molar-refractivity contribution in [2.24, 2.45) is 0 Å². The van der Waals surface area contributed by atoms with E-state index in [1.54, 1.807) is 6.20 Å². The molecule has 0 N–H and O–H groups in total. The molecular weight excluding hydrogens is 231 g/mol. The van der Waals surface area contributed by atoms with E-state index in [0.717, 1.165) is 17.9 Å². The summed E-state index contributed by atoms with van der Waals surface area (Å²) in [5, 5.41) is 1.32. The van der Waals surface area contributed by atoms with Crippen LogP contribution in [0.15, 0.2) is 30.5 Å². The van der Waals surface area contributed by atoms with Crippen molar-refractivity contribution in [3.63, 3.8) is 0 Å². The molecule has 0 fully saturated rings. The zero-order valence-electron chi connectivity index (χ0n) is 8.24. The molecule has 2 nitrogen and oxygen atoms in total. The van der Waals surface area contributed by atoms with Crippen molar-refractivity contribution in [1.82, 2.24) is 9.55 Å². The maximum absolute atomic E-state index is 6.10. The van der Waals surface area contributed by atoms with E-state index >= 15 is 0 Å². The van der Waals surface area contributed by atoms with E-state index in [2.05, 4.69) is 4.98 Å². The Balaban J connectivity index is 2.59. The monoisotopic (exact) mass is 240 g/mol. The smallest absolute Gasteiger partial charge is 0.142 e. The Labute approximate surface area is 98.5 Å². The zero-order valence-corrected chi connectivity index (χ0v) is 9.76. The highest BCUT2D eigenvalue weighted by atomic mass is 35.5. The lowest BCUT2D eigenvalue weighted by Gasteiger charge is -2.07. The largest absolute Gasteiger partial charge is 0.315 e. The number of imidazole rings is 1. The minimum atomic E-state index is 0.632. The minimum absolute atomic E-state index is 0.632. The van der Waals surface area contributed by atoms with Crippen LogP contribution in [0.2, 0.25) is 10.2 Å². The van der Waals surface area contributed by atoms with Crippen molar-refractivity contribution >= 4 is 23.2 Å². The average molecular weight is 241 g/mol. The van der Waals surface area contributed by atoms with E-state index < -0.39 is 0 Å². The van der Waals surface area contributed by atoms with Gasteiger partial charge < -0.3 is 4.57 Å². The molecule has 78 valence electrons. The zero-order chi connectivity index (χ0) is 10.8. The molecule has 1 aromatic heterocycles. The van der Waals surface area contributed by atoms with Gasteiger partial charge in [0.05, 0.1) is 11.2 Å². The van der Waals surface area contributed by atoms with Crippen LogP contribution in [0.4, 0.5) is 0 Å². The molecule has 0 bridgehead atoms. The van der Waals surface area contributed by atoms with Gasteiger partial charge in [0.1, 0.15) is 11.0 Å². The molecule has 0 saturated carbocycles. The Hall–Kier alpha value is -0.990. The van der Waals surface area contributed by atoms with Gasteiger partial charge in [-0.3, -0.25) is 0 Å². The molecule has 4 heteroatoms. The van der Waals surface area contributed by atoms with Gasteiger partial charge in [-0.25, -0.2) is 4.98 Å². The summed E-state index contributed by atoms with van der Waals surface area (Å²) in [6.07, 6.45) is 1.64. The SMILES string of the molecule is CCn1c(Cl)cnc1-c1ccccc1Cl. The highest BCUT2D eigenvalue weighted by Gasteiger charge is 2.11. The molecule has 1 heterocycles. The third-order valence-electron chi connectivity index (χ3n) is 2.24. The molecule has 15 heavy (non-hydrogen) atoms. The van der Waals surface area contributed by atoms with Crippen LogP contribution in [0, 0.1) is 0 Å². The number of benzene rings is 1. The van der Waals surface area contributed by atoms with Crippen molar-refractivity contribution < 1.29 is 0 Å². The summed E-state index contributed by atoms with van der Waals surface area (Å²) < 4.78 is 1.92.